The van der Waals surface area contributed by atoms with E-state index in [0.717, 1.165) is 16.3 Å². The number of hydrogen-bond acceptors (Lipinski definition) is 5. The predicted octanol–water partition coefficient (Wildman–Crippen LogP) is 2.96. The Morgan fingerprint density at radius 3 is 2.67 bits per heavy atom. The van der Waals surface area contributed by atoms with E-state index in [1.807, 2.05) is 42.5 Å². The average Bonchev–Trinajstić information content (AvgIpc) is 2.67. The second-order valence-corrected chi connectivity index (χ2v) is 5.90. The van der Waals surface area contributed by atoms with Gasteiger partial charge >= 0.3 is 0 Å². The Bertz CT molecular complexity index is 1020. The third kappa shape index (κ3) is 4.43. The largest absolute Gasteiger partial charge is 0.508 e. The molecule has 4 N–H and O–H groups in total. The summed E-state index contributed by atoms with van der Waals surface area (Å²) < 4.78 is 0. The highest BCUT2D eigenvalue weighted by Gasteiger charge is 2.06. The van der Waals surface area contributed by atoms with Gasteiger partial charge in [0.05, 0.1) is 12.8 Å². The number of benzene rings is 3. The summed E-state index contributed by atoms with van der Waals surface area (Å²) >= 11 is 0. The number of phenolic OH excluding ortho intramolecular Hbond substituents is 2. The molecular formula is C21H19N3O3. The van der Waals surface area contributed by atoms with Crippen molar-refractivity contribution in [3.8, 4) is 11.5 Å². The second-order valence-electron chi connectivity index (χ2n) is 5.90. The first-order chi connectivity index (χ1) is 13.0. The molecule has 3 aromatic rings. The zero-order chi connectivity index (χ0) is 19.2. The zero-order valence-electron chi connectivity index (χ0n) is 14.5. The van der Waals surface area contributed by atoms with Gasteiger partial charge < -0.3 is 15.5 Å². The number of carbonyl (C=O) groups excluding carboxylic acids is 1. The SMILES string of the molecule is C=C(NCC(=O)N/N=C/c1ccc(O)cc1O)c1cccc2ccccc12. The van der Waals surface area contributed by atoms with E-state index in [2.05, 4.69) is 22.4 Å². The van der Waals surface area contributed by atoms with Crippen molar-refractivity contribution in [3.05, 3.63) is 78.4 Å². The molecule has 27 heavy (non-hydrogen) atoms. The fourth-order valence-electron chi connectivity index (χ4n) is 2.63. The molecule has 0 saturated carbocycles. The third-order valence-corrected chi connectivity index (χ3v) is 3.98. The van der Waals surface area contributed by atoms with Gasteiger partial charge in [0.15, 0.2) is 0 Å². The molecule has 0 aliphatic rings. The monoisotopic (exact) mass is 361 g/mol. The van der Waals surface area contributed by atoms with Crippen molar-refractivity contribution in [2.75, 3.05) is 6.54 Å². The van der Waals surface area contributed by atoms with E-state index in [1.54, 1.807) is 0 Å². The summed E-state index contributed by atoms with van der Waals surface area (Å²) in [5.74, 6) is -0.536. The molecule has 136 valence electrons. The van der Waals surface area contributed by atoms with Crippen LogP contribution in [-0.4, -0.2) is 28.9 Å². The lowest BCUT2D eigenvalue weighted by Gasteiger charge is -2.11. The fraction of sp³-hybridized carbons (Fsp3) is 0.0476. The van der Waals surface area contributed by atoms with Gasteiger partial charge in [-0.05, 0) is 22.9 Å². The minimum absolute atomic E-state index is 0.000947. The number of amides is 1. The van der Waals surface area contributed by atoms with Gasteiger partial charge in [-0.25, -0.2) is 5.43 Å². The molecule has 3 rings (SSSR count). The van der Waals surface area contributed by atoms with E-state index in [9.17, 15) is 15.0 Å². The highest BCUT2D eigenvalue weighted by molar-refractivity contribution is 5.93. The number of hydrazone groups is 1. The standard InChI is InChI=1S/C21H19N3O3/c1-14(18-8-4-6-15-5-2-3-7-19(15)18)22-13-21(27)24-23-12-16-9-10-17(25)11-20(16)26/h2-12,22,25-26H,1,13H2,(H,24,27)/b23-12+. The lowest BCUT2D eigenvalue weighted by molar-refractivity contribution is -0.120. The minimum atomic E-state index is -0.356. The van der Waals surface area contributed by atoms with E-state index in [0.29, 0.717) is 11.3 Å². The molecule has 0 bridgehead atoms. The molecule has 0 atom stereocenters. The topological polar surface area (TPSA) is 94.0 Å². The van der Waals surface area contributed by atoms with E-state index >= 15 is 0 Å². The summed E-state index contributed by atoms with van der Waals surface area (Å²) in [5.41, 5.74) is 4.32. The van der Waals surface area contributed by atoms with E-state index in [-0.39, 0.29) is 24.0 Å². The molecule has 0 radical (unpaired) electrons. The fourth-order valence-corrected chi connectivity index (χ4v) is 2.63. The molecule has 0 aromatic heterocycles. The van der Waals surface area contributed by atoms with Gasteiger partial charge in [0.1, 0.15) is 11.5 Å². The summed E-state index contributed by atoms with van der Waals surface area (Å²) in [6, 6.07) is 18.0. The van der Waals surface area contributed by atoms with Crippen molar-refractivity contribution in [1.29, 1.82) is 0 Å². The number of hydrogen-bond donors (Lipinski definition) is 4. The van der Waals surface area contributed by atoms with Crippen molar-refractivity contribution in [2.24, 2.45) is 5.10 Å². The first kappa shape index (κ1) is 18.0. The van der Waals surface area contributed by atoms with Crippen LogP contribution in [-0.2, 0) is 4.79 Å². The Morgan fingerprint density at radius 2 is 1.85 bits per heavy atom. The van der Waals surface area contributed by atoms with Crippen LogP contribution in [0.15, 0.2) is 72.3 Å². The van der Waals surface area contributed by atoms with Crippen molar-refractivity contribution in [2.45, 2.75) is 0 Å². The highest BCUT2D eigenvalue weighted by atomic mass is 16.3. The van der Waals surface area contributed by atoms with Crippen molar-refractivity contribution < 1.29 is 15.0 Å². The van der Waals surface area contributed by atoms with Gasteiger partial charge in [-0.1, -0.05) is 49.0 Å². The first-order valence-electron chi connectivity index (χ1n) is 8.29. The lowest BCUT2D eigenvalue weighted by Crippen LogP contribution is -2.30. The lowest BCUT2D eigenvalue weighted by atomic mass is 10.0. The molecule has 0 saturated heterocycles. The molecular weight excluding hydrogens is 342 g/mol. The summed E-state index contributed by atoms with van der Waals surface area (Å²) in [6.45, 7) is 4.01. The van der Waals surface area contributed by atoms with Crippen LogP contribution in [0.4, 0.5) is 0 Å². The summed E-state index contributed by atoms with van der Waals surface area (Å²) in [5, 5.41) is 27.8. The Hall–Kier alpha value is -3.80. The maximum Gasteiger partial charge on any atom is 0.259 e. The van der Waals surface area contributed by atoms with Gasteiger partial charge in [-0.15, -0.1) is 0 Å². The van der Waals surface area contributed by atoms with Gasteiger partial charge in [-0.3, -0.25) is 4.79 Å². The molecule has 6 heteroatoms. The molecule has 3 aromatic carbocycles. The number of fused-ring (bicyclic) bond motifs is 1. The van der Waals surface area contributed by atoms with E-state index < -0.39 is 0 Å². The van der Waals surface area contributed by atoms with Gasteiger partial charge in [-0.2, -0.15) is 5.10 Å². The van der Waals surface area contributed by atoms with Crippen LogP contribution >= 0.6 is 0 Å². The van der Waals surface area contributed by atoms with Crippen molar-refractivity contribution in [1.82, 2.24) is 10.7 Å². The van der Waals surface area contributed by atoms with Crippen LogP contribution in [0.1, 0.15) is 11.1 Å². The number of phenols is 2. The minimum Gasteiger partial charge on any atom is -0.508 e. The normalized spacial score (nSPS) is 10.8. The van der Waals surface area contributed by atoms with Crippen LogP contribution in [0.25, 0.3) is 16.5 Å². The number of carbonyl (C=O) groups is 1. The second kappa shape index (κ2) is 8.05. The Balaban J connectivity index is 1.57. The van der Waals surface area contributed by atoms with Gasteiger partial charge in [0.2, 0.25) is 0 Å². The first-order valence-corrected chi connectivity index (χ1v) is 8.29. The molecule has 6 nitrogen and oxygen atoms in total. The predicted molar refractivity (Wildman–Crippen MR) is 106 cm³/mol. The maximum atomic E-state index is 11.9. The van der Waals surface area contributed by atoms with Crippen LogP contribution in [0.2, 0.25) is 0 Å². The average molecular weight is 361 g/mol. The van der Waals surface area contributed by atoms with Crippen LogP contribution in [0.3, 0.4) is 0 Å². The van der Waals surface area contributed by atoms with Crippen LogP contribution in [0, 0.1) is 0 Å². The Labute approximate surface area is 156 Å². The molecule has 0 unspecified atom stereocenters. The van der Waals surface area contributed by atoms with Crippen molar-refractivity contribution >= 4 is 28.6 Å². The van der Waals surface area contributed by atoms with Crippen molar-refractivity contribution in [3.63, 3.8) is 0 Å². The molecule has 0 heterocycles. The summed E-state index contributed by atoms with van der Waals surface area (Å²) in [4.78, 5) is 11.9. The van der Waals surface area contributed by atoms with Gasteiger partial charge in [0, 0.05) is 22.9 Å². The number of nitrogens with zero attached hydrogens (tertiary/aromatic N) is 1. The Morgan fingerprint density at radius 1 is 1.07 bits per heavy atom. The molecule has 1 amide bonds. The number of rotatable bonds is 6. The number of aromatic hydroxyl groups is 2. The van der Waals surface area contributed by atoms with E-state index in [4.69, 9.17) is 0 Å². The summed E-state index contributed by atoms with van der Waals surface area (Å²) in [6.07, 6.45) is 1.30. The summed E-state index contributed by atoms with van der Waals surface area (Å²) in [7, 11) is 0. The zero-order valence-corrected chi connectivity index (χ0v) is 14.5. The van der Waals surface area contributed by atoms with Crippen LogP contribution in [0.5, 0.6) is 11.5 Å². The quantitative estimate of drug-likeness (QED) is 0.401. The Kier molecular flexibility index (Phi) is 5.37. The maximum absolute atomic E-state index is 11.9. The smallest absolute Gasteiger partial charge is 0.259 e. The van der Waals surface area contributed by atoms with Gasteiger partial charge in [0.25, 0.3) is 5.91 Å². The molecule has 0 aliphatic heterocycles. The number of nitrogens with one attached hydrogen (secondary N) is 2. The molecule has 0 aliphatic carbocycles. The molecule has 0 spiro atoms. The highest BCUT2D eigenvalue weighted by Crippen LogP contribution is 2.22. The van der Waals surface area contributed by atoms with E-state index in [1.165, 1.54) is 24.4 Å². The molecule has 0 fully saturated rings. The van der Waals surface area contributed by atoms with Crippen LogP contribution < -0.4 is 10.7 Å². The third-order valence-electron chi connectivity index (χ3n) is 3.98.